The molecule has 2 aromatic rings. The number of carbonyl (C=O) groups is 1. The third-order valence-electron chi connectivity index (χ3n) is 6.00. The van der Waals surface area contributed by atoms with Crippen LogP contribution in [0.3, 0.4) is 0 Å². The van der Waals surface area contributed by atoms with Crippen molar-refractivity contribution in [2.24, 2.45) is 0 Å². The van der Waals surface area contributed by atoms with E-state index in [1.54, 1.807) is 0 Å². The van der Waals surface area contributed by atoms with Crippen molar-refractivity contribution < 1.29 is 65.8 Å². The van der Waals surface area contributed by atoms with E-state index in [2.05, 4.69) is 3.63 Å². The highest BCUT2D eigenvalue weighted by Gasteiger charge is 2.86. The van der Waals surface area contributed by atoms with Crippen molar-refractivity contribution in [1.29, 1.82) is 0 Å². The topological polar surface area (TPSA) is 78.9 Å². The molecule has 0 aromatic heterocycles. The van der Waals surface area contributed by atoms with E-state index in [0.717, 1.165) is 18.6 Å². The average molecular weight is 631 g/mol. The van der Waals surface area contributed by atoms with Crippen LogP contribution in [0.5, 0.6) is 5.75 Å². The lowest BCUT2D eigenvalue weighted by Gasteiger charge is -2.38. The van der Waals surface area contributed by atoms with Gasteiger partial charge in [-0.25, -0.2) is 8.42 Å². The maximum Gasteiger partial charge on any atom is 0.513 e. The molecule has 0 spiro atoms. The van der Waals surface area contributed by atoms with Crippen LogP contribution in [0.2, 0.25) is 0 Å². The molecule has 0 saturated carbocycles. The van der Waals surface area contributed by atoms with Crippen LogP contribution in [0.4, 0.5) is 44.3 Å². The van der Waals surface area contributed by atoms with Crippen LogP contribution in [0, 0.1) is 0 Å². The zero-order valence-corrected chi connectivity index (χ0v) is 22.2. The van der Waals surface area contributed by atoms with Crippen LogP contribution in [0.25, 0.3) is 10.8 Å². The Kier molecular flexibility index (Phi) is 8.93. The smallest absolute Gasteiger partial charge is 0.434 e. The van der Waals surface area contributed by atoms with E-state index in [-0.39, 0.29) is 52.4 Å². The zero-order valence-electron chi connectivity index (χ0n) is 20.6. The molecule has 0 atom stereocenters. The van der Waals surface area contributed by atoms with Gasteiger partial charge in [-0.15, -0.1) is 0 Å². The van der Waals surface area contributed by atoms with Gasteiger partial charge < -0.3 is 9.47 Å². The number of carbonyl (C=O) groups excluding carboxylic acids is 1. The Morgan fingerprint density at radius 2 is 1.45 bits per heavy atom. The lowest BCUT2D eigenvalue weighted by molar-refractivity contribution is -0.382. The molecular weight excluding hydrogens is 607 g/mol. The van der Waals surface area contributed by atoms with Gasteiger partial charge in [0.25, 0.3) is 0 Å². The minimum absolute atomic E-state index is 0.0521. The van der Waals surface area contributed by atoms with Gasteiger partial charge in [0.05, 0.1) is 6.61 Å². The van der Waals surface area contributed by atoms with Gasteiger partial charge in [0.15, 0.2) is 0 Å². The first-order chi connectivity index (χ1) is 18.3. The highest BCUT2D eigenvalue weighted by molar-refractivity contribution is 8.33. The van der Waals surface area contributed by atoms with Crippen LogP contribution < -0.4 is 4.74 Å². The largest absolute Gasteiger partial charge is 0.513 e. The molecule has 1 heterocycles. The molecule has 1 aliphatic heterocycles. The summed E-state index contributed by atoms with van der Waals surface area (Å²) in [6.07, 6.45) is -6.73. The Morgan fingerprint density at radius 3 is 2.00 bits per heavy atom. The molecule has 1 aliphatic rings. The number of hydrogen-bond acceptors (Lipinski definition) is 6. The van der Waals surface area contributed by atoms with Crippen molar-refractivity contribution in [3.8, 4) is 5.75 Å². The molecular formula is C23H23F9O6S2. The maximum atomic E-state index is 14.5. The Labute approximate surface area is 224 Å². The quantitative estimate of drug-likeness (QED) is 0.115. The van der Waals surface area contributed by atoms with Crippen LogP contribution in [-0.2, 0) is 18.5 Å². The Hall–Kier alpha value is -2.40. The first-order valence-corrected chi connectivity index (χ1v) is 15.0. The maximum absolute atomic E-state index is 14.5. The van der Waals surface area contributed by atoms with E-state index < -0.39 is 49.9 Å². The summed E-state index contributed by atoms with van der Waals surface area (Å²) >= 11 is 0. The molecule has 0 radical (unpaired) electrons. The van der Waals surface area contributed by atoms with E-state index in [0.29, 0.717) is 6.42 Å². The molecule has 0 amide bonds. The van der Waals surface area contributed by atoms with E-state index in [9.17, 15) is 52.7 Å². The van der Waals surface area contributed by atoms with Gasteiger partial charge in [0.2, 0.25) is 0 Å². The number of hydrogen-bond donors (Lipinski definition) is 0. The number of unbranched alkanes of at least 4 members (excludes halogenated alkanes) is 1. The first kappa shape index (κ1) is 32.1. The normalized spacial score (nSPS) is 17.6. The second-order valence-corrected chi connectivity index (χ2v) is 13.6. The van der Waals surface area contributed by atoms with Gasteiger partial charge in [-0.3, -0.25) is 0 Å². The van der Waals surface area contributed by atoms with Gasteiger partial charge in [0.1, 0.15) is 5.75 Å². The molecule has 0 bridgehead atoms. The number of halogens is 9. The number of alkyl halides is 9. The van der Waals surface area contributed by atoms with Crippen molar-refractivity contribution in [3.05, 3.63) is 36.4 Å². The second kappa shape index (κ2) is 11.1. The lowest BCUT2D eigenvalue weighted by Crippen LogP contribution is -2.63. The van der Waals surface area contributed by atoms with Crippen molar-refractivity contribution >= 4 is 37.4 Å². The van der Waals surface area contributed by atoms with E-state index in [4.69, 9.17) is 9.47 Å². The summed E-state index contributed by atoms with van der Waals surface area (Å²) in [5, 5.41) is -6.75. The number of fused-ring (bicyclic) bond motifs is 1. The van der Waals surface area contributed by atoms with Gasteiger partial charge in [-0.05, 0) is 36.8 Å². The summed E-state index contributed by atoms with van der Waals surface area (Å²) in [4.78, 5) is 11.9. The van der Waals surface area contributed by atoms with Crippen molar-refractivity contribution in [2.45, 2.75) is 60.8 Å². The fraction of sp³-hybridized carbons (Fsp3) is 0.522. The standard InChI is InChI=1S/C23H23F9O6S2/c1-2-3-12-36-19(33)37-17-10-11-18(16-9-5-4-8-15(16)17)39(13-6-7-14-39)38-40(34,35)23(31,32)21(26,27)20(24,25)22(28,29)30/h4-5,8-11H,2-3,6-7,12-14H2,1H3. The van der Waals surface area contributed by atoms with Crippen LogP contribution in [0.1, 0.15) is 32.6 Å². The highest BCUT2D eigenvalue weighted by atomic mass is 32.3. The van der Waals surface area contributed by atoms with Crippen molar-refractivity contribution in [3.63, 3.8) is 0 Å². The monoisotopic (exact) mass is 630 g/mol. The van der Waals surface area contributed by atoms with E-state index >= 15 is 0 Å². The molecule has 3 rings (SSSR count). The molecule has 0 aliphatic carbocycles. The number of rotatable bonds is 10. The molecule has 1 fully saturated rings. The summed E-state index contributed by atoms with van der Waals surface area (Å²) < 4.78 is 161. The highest BCUT2D eigenvalue weighted by Crippen LogP contribution is 2.66. The van der Waals surface area contributed by atoms with Gasteiger partial charge in [0, 0.05) is 21.8 Å². The summed E-state index contributed by atoms with van der Waals surface area (Å²) in [7, 11) is -10.6. The summed E-state index contributed by atoms with van der Waals surface area (Å²) in [6, 6.07) is 7.94. The second-order valence-electron chi connectivity index (χ2n) is 8.77. The number of benzene rings is 2. The fourth-order valence-corrected chi connectivity index (χ4v) is 9.78. The van der Waals surface area contributed by atoms with E-state index in [1.807, 2.05) is 6.92 Å². The Morgan fingerprint density at radius 1 is 0.875 bits per heavy atom. The minimum atomic E-state index is -7.41. The summed E-state index contributed by atoms with van der Waals surface area (Å²) in [5.41, 5.74) is 0. The zero-order chi connectivity index (χ0) is 30.2. The fourth-order valence-electron chi connectivity index (χ4n) is 3.91. The molecule has 226 valence electrons. The summed E-state index contributed by atoms with van der Waals surface area (Å²) in [6.45, 7) is 1.90. The van der Waals surface area contributed by atoms with Gasteiger partial charge in [-0.2, -0.15) is 47.9 Å². The number of ether oxygens (including phenoxy) is 2. The third-order valence-corrected chi connectivity index (χ3v) is 11.7. The van der Waals surface area contributed by atoms with Crippen molar-refractivity contribution in [2.75, 3.05) is 18.1 Å². The molecule has 1 saturated heterocycles. The minimum Gasteiger partial charge on any atom is -0.434 e. The average Bonchev–Trinajstić information content (AvgIpc) is 3.32. The van der Waals surface area contributed by atoms with Gasteiger partial charge in [-0.1, -0.05) is 47.9 Å². The predicted octanol–water partition coefficient (Wildman–Crippen LogP) is 7.80. The van der Waals surface area contributed by atoms with E-state index in [1.165, 1.54) is 24.3 Å². The molecule has 0 unspecified atom stereocenters. The van der Waals surface area contributed by atoms with Gasteiger partial charge >= 0.3 is 39.5 Å². The lowest BCUT2D eigenvalue weighted by atomic mass is 10.1. The third kappa shape index (κ3) is 5.55. The molecule has 6 nitrogen and oxygen atoms in total. The molecule has 2 aromatic carbocycles. The predicted molar refractivity (Wildman–Crippen MR) is 127 cm³/mol. The summed E-state index contributed by atoms with van der Waals surface area (Å²) in [5.74, 6) is -15.5. The molecule has 17 heteroatoms. The van der Waals surface area contributed by atoms with Crippen LogP contribution in [0.15, 0.2) is 41.3 Å². The Balaban J connectivity index is 2.07. The van der Waals surface area contributed by atoms with Crippen LogP contribution in [-0.4, -0.2) is 56.0 Å². The molecule has 0 N–H and O–H groups in total. The SMILES string of the molecule is CCCCOC(=O)Oc1ccc(S2(OS(=O)(=O)C(F)(F)C(F)(F)C(F)(F)C(F)(F)F)CCCC2)c2ccccc12. The Bertz CT molecular complexity index is 1340. The first-order valence-electron chi connectivity index (χ1n) is 11.7. The van der Waals surface area contributed by atoms with Crippen LogP contribution >= 0.6 is 10.3 Å². The molecule has 40 heavy (non-hydrogen) atoms. The van der Waals surface area contributed by atoms with Crippen molar-refractivity contribution in [1.82, 2.24) is 0 Å².